The molecule has 5 aromatic carbocycles. The highest BCUT2D eigenvalue weighted by molar-refractivity contribution is 7.26. The Kier molecular flexibility index (Phi) is 8.63. The molecule has 0 saturated carbocycles. The Balaban J connectivity index is 1.38. The average Bonchev–Trinajstić information content (AvgIpc) is 3.56. The van der Waals surface area contributed by atoms with Crippen LogP contribution in [0.5, 0.6) is 0 Å². The van der Waals surface area contributed by atoms with Gasteiger partial charge in [-0.15, -0.1) is 11.3 Å². The van der Waals surface area contributed by atoms with Crippen molar-refractivity contribution >= 4 is 78.0 Å². The highest BCUT2D eigenvalue weighted by Gasteiger charge is 2.50. The first kappa shape index (κ1) is 40.8. The second-order valence-corrected chi connectivity index (χ2v) is 25.1. The van der Waals surface area contributed by atoms with Gasteiger partial charge in [0.25, 0.3) is 6.71 Å². The van der Waals surface area contributed by atoms with Gasteiger partial charge in [0.1, 0.15) is 0 Å². The fraction of sp³-hybridized carbons (Fsp3) is 0.439. The Labute approximate surface area is 371 Å². The Morgan fingerprint density at radius 2 is 1.13 bits per heavy atom. The highest BCUT2D eigenvalue weighted by Crippen LogP contribution is 2.56. The first-order valence-corrected chi connectivity index (χ1v) is 24.0. The van der Waals surface area contributed by atoms with Crippen LogP contribution in [-0.2, 0) is 32.5 Å². The molecule has 0 amide bonds. The minimum Gasteiger partial charge on any atom is -0.311 e. The smallest absolute Gasteiger partial charge is 0.254 e. The summed E-state index contributed by atoms with van der Waals surface area (Å²) in [6, 6.07) is 34.4. The van der Waals surface area contributed by atoms with Gasteiger partial charge in [-0.3, -0.25) is 0 Å². The predicted molar refractivity (Wildman–Crippen MR) is 269 cm³/mol. The second-order valence-electron chi connectivity index (χ2n) is 24.0. The zero-order valence-corrected chi connectivity index (χ0v) is 40.6. The zero-order valence-electron chi connectivity index (χ0n) is 39.8. The summed E-state index contributed by atoms with van der Waals surface area (Å²) in [6.45, 7) is 36.5. The standard InChI is InChI=1S/C57H67BN2S/c1-34-30-35(52(2,3)4)20-25-43(34)60-45-32-36(53(5,6)7)31-44-49(45)58(48-38-18-16-17-19-46(38)61-51(48)60)42-24-23-40-47(57(14,15)29-28-55(40,10)11)50(42)59(44)37-21-22-39-41(33-37)56(12,13)27-26-54(39,8)9/h16-25,30-33H,26-29H2,1-15H3. The van der Waals surface area contributed by atoms with Crippen molar-refractivity contribution in [2.75, 3.05) is 9.80 Å². The molecular weight excluding hydrogens is 756 g/mol. The molecule has 0 unspecified atom stereocenters. The molecule has 4 heteroatoms. The molecule has 0 N–H and O–H groups in total. The number of thiophene rings is 1. The third kappa shape index (κ3) is 6.00. The van der Waals surface area contributed by atoms with Gasteiger partial charge in [0, 0.05) is 33.1 Å². The summed E-state index contributed by atoms with van der Waals surface area (Å²) in [4.78, 5) is 5.46. The van der Waals surface area contributed by atoms with Crippen LogP contribution in [-0.4, -0.2) is 6.71 Å². The molecule has 3 heterocycles. The van der Waals surface area contributed by atoms with E-state index in [0.29, 0.717) is 0 Å². The predicted octanol–water partition coefficient (Wildman–Crippen LogP) is 14.6. The largest absolute Gasteiger partial charge is 0.311 e. The second kappa shape index (κ2) is 12.9. The van der Waals surface area contributed by atoms with Crippen LogP contribution in [0.15, 0.2) is 84.9 Å². The molecule has 2 nitrogen and oxygen atoms in total. The lowest BCUT2D eigenvalue weighted by Crippen LogP contribution is -2.62. The molecular formula is C57H67BN2S. The molecule has 0 fully saturated rings. The van der Waals surface area contributed by atoms with Crippen molar-refractivity contribution in [3.8, 4) is 0 Å². The summed E-state index contributed by atoms with van der Waals surface area (Å²) in [5.41, 5.74) is 21.4. The number of hydrogen-bond acceptors (Lipinski definition) is 3. The topological polar surface area (TPSA) is 6.48 Å². The summed E-state index contributed by atoms with van der Waals surface area (Å²) in [6.07, 6.45) is 4.75. The highest BCUT2D eigenvalue weighted by atomic mass is 32.1. The normalized spacial score (nSPS) is 19.2. The van der Waals surface area contributed by atoms with E-state index in [1.54, 1.807) is 5.56 Å². The van der Waals surface area contributed by atoms with Gasteiger partial charge in [-0.05, 0) is 162 Å². The zero-order chi connectivity index (χ0) is 43.6. The summed E-state index contributed by atoms with van der Waals surface area (Å²) in [7, 11) is 0. The quantitative estimate of drug-likeness (QED) is 0.160. The maximum atomic E-state index is 2.78. The Morgan fingerprint density at radius 1 is 0.541 bits per heavy atom. The summed E-state index contributed by atoms with van der Waals surface area (Å²) in [5, 5.41) is 2.74. The van der Waals surface area contributed by atoms with E-state index < -0.39 is 0 Å². The molecule has 0 spiro atoms. The minimum atomic E-state index is -0.0799. The fourth-order valence-electron chi connectivity index (χ4n) is 11.7. The number of nitrogens with zero attached hydrogens (tertiary/aromatic N) is 2. The van der Waals surface area contributed by atoms with Crippen LogP contribution in [0, 0.1) is 6.92 Å². The van der Waals surface area contributed by atoms with Crippen molar-refractivity contribution in [2.45, 2.75) is 162 Å². The van der Waals surface area contributed by atoms with Gasteiger partial charge in [0.15, 0.2) is 0 Å². The van der Waals surface area contributed by atoms with Gasteiger partial charge >= 0.3 is 0 Å². The van der Waals surface area contributed by atoms with Crippen LogP contribution in [0.25, 0.3) is 10.1 Å². The van der Waals surface area contributed by atoms with E-state index in [1.165, 1.54) is 113 Å². The molecule has 10 rings (SSSR count). The Morgan fingerprint density at radius 3 is 1.79 bits per heavy atom. The van der Waals surface area contributed by atoms with Crippen LogP contribution >= 0.6 is 11.3 Å². The van der Waals surface area contributed by atoms with Crippen LogP contribution in [0.4, 0.5) is 33.4 Å². The molecule has 2 aliphatic heterocycles. The van der Waals surface area contributed by atoms with Gasteiger partial charge in [-0.2, -0.15) is 0 Å². The van der Waals surface area contributed by atoms with Crippen molar-refractivity contribution in [3.63, 3.8) is 0 Å². The number of fused-ring (bicyclic) bond motifs is 9. The van der Waals surface area contributed by atoms with Crippen molar-refractivity contribution in [2.24, 2.45) is 0 Å². The first-order chi connectivity index (χ1) is 28.4. The number of benzene rings is 5. The van der Waals surface area contributed by atoms with E-state index in [9.17, 15) is 0 Å². The number of hydrogen-bond donors (Lipinski definition) is 0. The molecule has 1 aromatic heterocycles. The molecule has 6 aromatic rings. The fourth-order valence-corrected chi connectivity index (χ4v) is 13.0. The SMILES string of the molecule is Cc1cc(C(C)(C)C)ccc1N1c2cc(C(C)(C)C)cc3c2B(c2ccc4c(c2N3c2ccc3c(c2)C(C)(C)CCC3(C)C)C(C)(C)CCC4(C)C)c2c1sc1ccccc21. The summed E-state index contributed by atoms with van der Waals surface area (Å²) < 4.78 is 1.36. The van der Waals surface area contributed by atoms with Crippen molar-refractivity contribution < 1.29 is 0 Å². The Hall–Kier alpha value is -4.28. The van der Waals surface area contributed by atoms with Crippen molar-refractivity contribution in [1.82, 2.24) is 0 Å². The lowest BCUT2D eigenvalue weighted by atomic mass is 9.33. The van der Waals surface area contributed by atoms with Gasteiger partial charge in [0.05, 0.1) is 5.00 Å². The van der Waals surface area contributed by atoms with Crippen LogP contribution in [0.1, 0.15) is 162 Å². The van der Waals surface area contributed by atoms with E-state index in [1.807, 2.05) is 11.3 Å². The molecule has 0 saturated heterocycles. The molecule has 0 atom stereocenters. The molecule has 0 radical (unpaired) electrons. The van der Waals surface area contributed by atoms with Gasteiger partial charge in [0.2, 0.25) is 0 Å². The third-order valence-electron chi connectivity index (χ3n) is 15.8. The molecule has 314 valence electrons. The summed E-state index contributed by atoms with van der Waals surface area (Å²) >= 11 is 1.97. The van der Waals surface area contributed by atoms with E-state index in [4.69, 9.17) is 0 Å². The van der Waals surface area contributed by atoms with E-state index in [0.717, 1.165) is 6.42 Å². The Bertz CT molecular complexity index is 2820. The summed E-state index contributed by atoms with van der Waals surface area (Å²) in [5.74, 6) is 0. The monoisotopic (exact) mass is 823 g/mol. The van der Waals surface area contributed by atoms with Gasteiger partial charge in [-0.25, -0.2) is 0 Å². The maximum Gasteiger partial charge on any atom is 0.254 e. The van der Waals surface area contributed by atoms with Crippen LogP contribution < -0.4 is 26.2 Å². The molecule has 0 bridgehead atoms. The van der Waals surface area contributed by atoms with Gasteiger partial charge in [-0.1, -0.05) is 145 Å². The maximum absolute atomic E-state index is 2.78. The van der Waals surface area contributed by atoms with Crippen LogP contribution in [0.3, 0.4) is 0 Å². The number of aryl methyl sites for hydroxylation is 1. The van der Waals surface area contributed by atoms with Crippen LogP contribution in [0.2, 0.25) is 0 Å². The number of anilines is 6. The van der Waals surface area contributed by atoms with E-state index in [-0.39, 0.29) is 39.2 Å². The lowest BCUT2D eigenvalue weighted by molar-refractivity contribution is 0.331. The van der Waals surface area contributed by atoms with E-state index >= 15 is 0 Å². The third-order valence-corrected chi connectivity index (χ3v) is 17.0. The van der Waals surface area contributed by atoms with E-state index in [2.05, 4.69) is 199 Å². The van der Waals surface area contributed by atoms with Crippen molar-refractivity contribution in [3.05, 3.63) is 124 Å². The number of rotatable bonds is 2. The average molecular weight is 823 g/mol. The first-order valence-electron chi connectivity index (χ1n) is 23.1. The molecule has 4 aliphatic rings. The molecule has 2 aliphatic carbocycles. The van der Waals surface area contributed by atoms with Crippen molar-refractivity contribution in [1.29, 1.82) is 0 Å². The van der Waals surface area contributed by atoms with Gasteiger partial charge < -0.3 is 9.80 Å². The molecule has 61 heavy (non-hydrogen) atoms. The minimum absolute atomic E-state index is 0.00194. The lowest BCUT2D eigenvalue weighted by Gasteiger charge is -2.50.